The molecular weight excluding hydrogens is 230 g/mol. The largest absolute Gasteiger partial charge is 0.481 e. The molecule has 0 aliphatic carbocycles. The third kappa shape index (κ3) is 2.01. The van der Waals surface area contributed by atoms with Crippen LogP contribution >= 0.6 is 0 Å². The average Bonchev–Trinajstić information content (AvgIpc) is 2.39. The third-order valence-electron chi connectivity index (χ3n) is 3.36. The monoisotopic (exact) mass is 247 g/mol. The fourth-order valence-electron chi connectivity index (χ4n) is 2.47. The smallest absolute Gasteiger partial charge is 0.262 e. The summed E-state index contributed by atoms with van der Waals surface area (Å²) in [6, 6.07) is 4.13. The minimum Gasteiger partial charge on any atom is -0.481 e. The summed E-state index contributed by atoms with van der Waals surface area (Å²) in [5.74, 6) is 0.716. The maximum Gasteiger partial charge on any atom is 0.262 e. The lowest BCUT2D eigenvalue weighted by atomic mass is 10.1. The molecule has 2 aliphatic rings. The number of rotatable bonds is 1. The predicted molar refractivity (Wildman–Crippen MR) is 70.4 cm³/mol. The molecule has 5 nitrogen and oxygen atoms in total. The van der Waals surface area contributed by atoms with Crippen LogP contribution in [0.5, 0.6) is 5.75 Å². The van der Waals surface area contributed by atoms with E-state index in [4.69, 9.17) is 4.74 Å². The normalized spacial score (nSPS) is 18.9. The van der Waals surface area contributed by atoms with Gasteiger partial charge in [-0.05, 0) is 24.6 Å². The van der Waals surface area contributed by atoms with Crippen LogP contribution in [-0.2, 0) is 4.79 Å². The van der Waals surface area contributed by atoms with Gasteiger partial charge in [-0.2, -0.15) is 0 Å². The Morgan fingerprint density at radius 1 is 1.28 bits per heavy atom. The second kappa shape index (κ2) is 4.49. The number of hydrogen-bond donors (Lipinski definition) is 2. The summed E-state index contributed by atoms with van der Waals surface area (Å²) >= 11 is 0. The summed E-state index contributed by atoms with van der Waals surface area (Å²) in [4.78, 5) is 13.7. The van der Waals surface area contributed by atoms with Crippen molar-refractivity contribution >= 4 is 17.3 Å². The van der Waals surface area contributed by atoms with Crippen molar-refractivity contribution in [2.45, 2.75) is 6.92 Å². The minimum absolute atomic E-state index is 0.0839. The molecule has 0 atom stereocenters. The number of nitrogens with zero attached hydrogens (tertiary/aromatic N) is 1. The standard InChI is InChI=1S/C13H17N3O2/c1-9-6-10(16-4-2-14-3-5-16)7-11-13(9)18-8-12(17)15-11/h6-7,14H,2-5,8H2,1H3,(H,15,17). The molecule has 0 aromatic heterocycles. The molecule has 2 N–H and O–H groups in total. The summed E-state index contributed by atoms with van der Waals surface area (Å²) < 4.78 is 5.47. The lowest BCUT2D eigenvalue weighted by Crippen LogP contribution is -2.43. The number of nitrogens with one attached hydrogen (secondary N) is 2. The quantitative estimate of drug-likeness (QED) is 0.768. The van der Waals surface area contributed by atoms with Crippen LogP contribution in [0.4, 0.5) is 11.4 Å². The molecule has 3 rings (SSSR count). The molecule has 1 saturated heterocycles. The molecule has 1 aromatic rings. The molecule has 1 amide bonds. The van der Waals surface area contributed by atoms with Crippen molar-refractivity contribution in [1.29, 1.82) is 0 Å². The van der Waals surface area contributed by atoms with Gasteiger partial charge in [-0.15, -0.1) is 0 Å². The maximum absolute atomic E-state index is 11.4. The Hall–Kier alpha value is -1.75. The van der Waals surface area contributed by atoms with Crippen molar-refractivity contribution in [3.8, 4) is 5.75 Å². The molecule has 5 heteroatoms. The molecule has 2 heterocycles. The second-order valence-electron chi connectivity index (χ2n) is 4.71. The van der Waals surface area contributed by atoms with Crippen LogP contribution in [0.25, 0.3) is 0 Å². The van der Waals surface area contributed by atoms with Crippen molar-refractivity contribution < 1.29 is 9.53 Å². The van der Waals surface area contributed by atoms with E-state index in [1.165, 1.54) is 0 Å². The minimum atomic E-state index is -0.0839. The van der Waals surface area contributed by atoms with Gasteiger partial charge >= 0.3 is 0 Å². The van der Waals surface area contributed by atoms with Crippen molar-refractivity contribution in [3.63, 3.8) is 0 Å². The van der Waals surface area contributed by atoms with E-state index in [0.717, 1.165) is 48.9 Å². The van der Waals surface area contributed by atoms with Crippen LogP contribution < -0.4 is 20.3 Å². The fraction of sp³-hybridized carbons (Fsp3) is 0.462. The molecule has 1 fully saturated rings. The summed E-state index contributed by atoms with van der Waals surface area (Å²) in [6.07, 6.45) is 0. The average molecular weight is 247 g/mol. The SMILES string of the molecule is Cc1cc(N2CCNCC2)cc2c1OCC(=O)N2. The van der Waals surface area contributed by atoms with Gasteiger partial charge in [0, 0.05) is 31.9 Å². The van der Waals surface area contributed by atoms with Gasteiger partial charge < -0.3 is 20.3 Å². The Balaban J connectivity index is 1.94. The van der Waals surface area contributed by atoms with Crippen molar-refractivity contribution in [3.05, 3.63) is 17.7 Å². The number of piperazine rings is 1. The lowest BCUT2D eigenvalue weighted by Gasteiger charge is -2.31. The van der Waals surface area contributed by atoms with Gasteiger partial charge in [-0.3, -0.25) is 4.79 Å². The summed E-state index contributed by atoms with van der Waals surface area (Å²) in [5, 5.41) is 6.21. The number of carbonyl (C=O) groups excluding carboxylic acids is 1. The molecule has 18 heavy (non-hydrogen) atoms. The first-order chi connectivity index (χ1) is 8.74. The highest BCUT2D eigenvalue weighted by atomic mass is 16.5. The maximum atomic E-state index is 11.4. The molecular formula is C13H17N3O2. The highest BCUT2D eigenvalue weighted by molar-refractivity contribution is 5.96. The van der Waals surface area contributed by atoms with Crippen LogP contribution in [0.15, 0.2) is 12.1 Å². The first-order valence-corrected chi connectivity index (χ1v) is 6.27. The third-order valence-corrected chi connectivity index (χ3v) is 3.36. The number of amides is 1. The van der Waals surface area contributed by atoms with Crippen LogP contribution in [0.1, 0.15) is 5.56 Å². The zero-order valence-electron chi connectivity index (χ0n) is 10.5. The van der Waals surface area contributed by atoms with E-state index < -0.39 is 0 Å². The van der Waals surface area contributed by atoms with Gasteiger partial charge in [0.2, 0.25) is 0 Å². The second-order valence-corrected chi connectivity index (χ2v) is 4.71. The zero-order chi connectivity index (χ0) is 12.5. The number of hydrogen-bond acceptors (Lipinski definition) is 4. The van der Waals surface area contributed by atoms with Crippen LogP contribution in [0, 0.1) is 6.92 Å². The van der Waals surface area contributed by atoms with Crippen LogP contribution in [0.3, 0.4) is 0 Å². The van der Waals surface area contributed by atoms with E-state index >= 15 is 0 Å². The summed E-state index contributed by atoms with van der Waals surface area (Å²) in [6.45, 7) is 6.11. The van der Waals surface area contributed by atoms with E-state index in [1.807, 2.05) is 13.0 Å². The van der Waals surface area contributed by atoms with Gasteiger partial charge in [-0.25, -0.2) is 0 Å². The molecule has 1 aromatic carbocycles. The highest BCUT2D eigenvalue weighted by Gasteiger charge is 2.20. The summed E-state index contributed by atoms with van der Waals surface area (Å²) in [7, 11) is 0. The highest BCUT2D eigenvalue weighted by Crippen LogP contribution is 2.35. The van der Waals surface area contributed by atoms with Gasteiger partial charge in [-0.1, -0.05) is 0 Å². The Bertz CT molecular complexity index is 481. The Morgan fingerprint density at radius 3 is 2.83 bits per heavy atom. The first-order valence-electron chi connectivity index (χ1n) is 6.27. The molecule has 0 bridgehead atoms. The molecule has 0 spiro atoms. The molecule has 0 saturated carbocycles. The Morgan fingerprint density at radius 2 is 2.06 bits per heavy atom. The zero-order valence-corrected chi connectivity index (χ0v) is 10.5. The number of anilines is 2. The topological polar surface area (TPSA) is 53.6 Å². The number of fused-ring (bicyclic) bond motifs is 1. The number of benzene rings is 1. The van der Waals surface area contributed by atoms with Gasteiger partial charge in [0.25, 0.3) is 5.91 Å². The lowest BCUT2D eigenvalue weighted by molar-refractivity contribution is -0.118. The predicted octanol–water partition coefficient (Wildman–Crippen LogP) is 0.736. The van der Waals surface area contributed by atoms with E-state index in [2.05, 4.69) is 21.6 Å². The summed E-state index contributed by atoms with van der Waals surface area (Å²) in [5.41, 5.74) is 3.01. The fourth-order valence-corrected chi connectivity index (χ4v) is 2.47. The van der Waals surface area contributed by atoms with Crippen molar-refractivity contribution in [2.75, 3.05) is 43.0 Å². The Kier molecular flexibility index (Phi) is 2.83. The first kappa shape index (κ1) is 11.3. The Labute approximate surface area is 106 Å². The van der Waals surface area contributed by atoms with E-state index in [9.17, 15) is 4.79 Å². The van der Waals surface area contributed by atoms with E-state index in [-0.39, 0.29) is 12.5 Å². The van der Waals surface area contributed by atoms with E-state index in [0.29, 0.717) is 0 Å². The van der Waals surface area contributed by atoms with Crippen molar-refractivity contribution in [2.24, 2.45) is 0 Å². The van der Waals surface area contributed by atoms with Crippen LogP contribution in [0.2, 0.25) is 0 Å². The van der Waals surface area contributed by atoms with E-state index in [1.54, 1.807) is 0 Å². The van der Waals surface area contributed by atoms with Gasteiger partial charge in [0.1, 0.15) is 5.75 Å². The molecule has 2 aliphatic heterocycles. The van der Waals surface area contributed by atoms with Gasteiger partial charge in [0.05, 0.1) is 5.69 Å². The molecule has 96 valence electrons. The molecule has 0 radical (unpaired) electrons. The van der Waals surface area contributed by atoms with Crippen molar-refractivity contribution in [1.82, 2.24) is 5.32 Å². The molecule has 0 unspecified atom stereocenters. The van der Waals surface area contributed by atoms with Crippen LogP contribution in [-0.4, -0.2) is 38.7 Å². The number of carbonyl (C=O) groups is 1. The van der Waals surface area contributed by atoms with Gasteiger partial charge in [0.15, 0.2) is 6.61 Å². The number of ether oxygens (including phenoxy) is 1. The number of aryl methyl sites for hydroxylation is 1.